The van der Waals surface area contributed by atoms with Crippen LogP contribution in [0.25, 0.3) is 0 Å². The van der Waals surface area contributed by atoms with E-state index in [1.165, 1.54) is 6.42 Å². The summed E-state index contributed by atoms with van der Waals surface area (Å²) in [6, 6.07) is 0. The largest absolute Gasteiger partial charge is 0.392 e. The van der Waals surface area contributed by atoms with Gasteiger partial charge in [-0.15, -0.1) is 0 Å². The van der Waals surface area contributed by atoms with Crippen molar-refractivity contribution in [3.63, 3.8) is 0 Å². The summed E-state index contributed by atoms with van der Waals surface area (Å²) in [6.07, 6.45) is 5.35. The van der Waals surface area contributed by atoms with E-state index in [0.29, 0.717) is 5.92 Å². The molecule has 0 spiro atoms. The molecule has 2 rings (SSSR count). The van der Waals surface area contributed by atoms with Crippen molar-refractivity contribution in [1.29, 1.82) is 0 Å². The lowest BCUT2D eigenvalue weighted by molar-refractivity contribution is 0.0369. The minimum absolute atomic E-state index is 0.0139. The second kappa shape index (κ2) is 3.33. The number of hydrogen-bond acceptors (Lipinski definition) is 1. The van der Waals surface area contributed by atoms with E-state index in [0.717, 1.165) is 16.2 Å². The van der Waals surface area contributed by atoms with Gasteiger partial charge in [0.1, 0.15) is 0 Å². The topological polar surface area (TPSA) is 20.2 Å². The Hall–Kier alpha value is 0.660. The molecule has 0 aromatic heterocycles. The molecule has 0 heterocycles. The highest BCUT2D eigenvalue weighted by Crippen LogP contribution is 2.66. The third-order valence-electron chi connectivity index (χ3n) is 4.60. The maximum atomic E-state index is 10.2. The van der Waals surface area contributed by atoms with E-state index in [1.54, 1.807) is 0 Å². The molecule has 0 unspecified atom stereocenters. The first-order chi connectivity index (χ1) is 6.40. The third-order valence-corrected chi connectivity index (χ3v) is 5.05. The fourth-order valence-electron chi connectivity index (χ4n) is 3.51. The monoisotopic (exact) mass is 322 g/mol. The van der Waals surface area contributed by atoms with Crippen LogP contribution in [0.5, 0.6) is 0 Å². The van der Waals surface area contributed by atoms with E-state index in [-0.39, 0.29) is 16.9 Å². The van der Waals surface area contributed by atoms with Crippen LogP contribution >= 0.6 is 31.9 Å². The molecule has 0 amide bonds. The fourth-order valence-corrected chi connectivity index (χ4v) is 4.33. The van der Waals surface area contributed by atoms with Crippen LogP contribution in [0.3, 0.4) is 0 Å². The van der Waals surface area contributed by atoms with Gasteiger partial charge >= 0.3 is 0 Å². The summed E-state index contributed by atoms with van der Waals surface area (Å²) in [6.45, 7) is 4.58. The van der Waals surface area contributed by atoms with Crippen molar-refractivity contribution in [2.45, 2.75) is 39.2 Å². The molecule has 1 nitrogen and oxygen atoms in total. The Bertz CT molecular complexity index is 281. The predicted molar refractivity (Wildman–Crippen MR) is 65.5 cm³/mol. The molecule has 80 valence electrons. The normalized spacial score (nSPS) is 44.1. The third kappa shape index (κ3) is 1.28. The van der Waals surface area contributed by atoms with E-state index in [9.17, 15) is 5.11 Å². The minimum Gasteiger partial charge on any atom is -0.392 e. The molecule has 2 fully saturated rings. The standard InChI is InChI=1S/C11H16Br2O/c1-10(2)7-3-4-11(10,6-9(12)13)8(14)5-7/h6-8,14H,3-5H2,1-2H3/t7-,8+,11-/m1/s1. The quantitative estimate of drug-likeness (QED) is 0.778. The van der Waals surface area contributed by atoms with E-state index in [4.69, 9.17) is 0 Å². The Morgan fingerprint density at radius 2 is 2.07 bits per heavy atom. The summed E-state index contributed by atoms with van der Waals surface area (Å²) in [5, 5.41) is 10.2. The SMILES string of the molecule is CC1(C)[C@@H]2CC[C@@]1(C=C(Br)Br)[C@@H](O)C2. The van der Waals surface area contributed by atoms with Gasteiger partial charge < -0.3 is 5.11 Å². The predicted octanol–water partition coefficient (Wildman–Crippen LogP) is 3.80. The molecule has 0 saturated heterocycles. The number of halogens is 2. The first-order valence-corrected chi connectivity index (χ1v) is 6.71. The average Bonchev–Trinajstić information content (AvgIpc) is 2.36. The lowest BCUT2D eigenvalue weighted by atomic mass is 9.68. The van der Waals surface area contributed by atoms with Crippen molar-refractivity contribution in [3.05, 3.63) is 9.47 Å². The molecule has 0 radical (unpaired) electrons. The summed E-state index contributed by atoms with van der Waals surface area (Å²) >= 11 is 6.85. The van der Waals surface area contributed by atoms with Gasteiger partial charge in [-0.3, -0.25) is 0 Å². The lowest BCUT2D eigenvalue weighted by Gasteiger charge is -2.38. The van der Waals surface area contributed by atoms with Gasteiger partial charge in [-0.1, -0.05) is 19.9 Å². The van der Waals surface area contributed by atoms with Gasteiger partial charge in [0.05, 0.1) is 9.50 Å². The second-order valence-electron chi connectivity index (χ2n) is 5.18. The van der Waals surface area contributed by atoms with Crippen LogP contribution in [0.2, 0.25) is 0 Å². The summed E-state index contributed by atoms with van der Waals surface area (Å²) in [4.78, 5) is 0. The van der Waals surface area contributed by atoms with Crippen molar-refractivity contribution in [2.75, 3.05) is 0 Å². The van der Waals surface area contributed by atoms with Crippen molar-refractivity contribution in [3.8, 4) is 0 Å². The highest BCUT2D eigenvalue weighted by molar-refractivity contribution is 9.28. The summed E-state index contributed by atoms with van der Waals surface area (Å²) in [7, 11) is 0. The van der Waals surface area contributed by atoms with Crippen molar-refractivity contribution in [2.24, 2.45) is 16.7 Å². The van der Waals surface area contributed by atoms with Crippen LogP contribution in [0.15, 0.2) is 9.47 Å². The number of hydrogen-bond donors (Lipinski definition) is 1. The van der Waals surface area contributed by atoms with Crippen LogP contribution in [0, 0.1) is 16.7 Å². The second-order valence-corrected chi connectivity index (χ2v) is 7.96. The molecule has 0 aliphatic heterocycles. The Balaban J connectivity index is 2.44. The first-order valence-electron chi connectivity index (χ1n) is 5.12. The van der Waals surface area contributed by atoms with E-state index in [1.807, 2.05) is 0 Å². The molecule has 0 aromatic carbocycles. The van der Waals surface area contributed by atoms with Crippen LogP contribution in [-0.2, 0) is 0 Å². The van der Waals surface area contributed by atoms with Gasteiger partial charge in [0.25, 0.3) is 0 Å². The van der Waals surface area contributed by atoms with Crippen molar-refractivity contribution >= 4 is 31.9 Å². The van der Waals surface area contributed by atoms with Gasteiger partial charge in [-0.05, 0) is 62.5 Å². The average molecular weight is 324 g/mol. The van der Waals surface area contributed by atoms with Crippen molar-refractivity contribution < 1.29 is 5.11 Å². The molecule has 2 saturated carbocycles. The minimum atomic E-state index is -0.165. The highest BCUT2D eigenvalue weighted by Gasteiger charge is 2.62. The van der Waals surface area contributed by atoms with Gasteiger partial charge in [-0.2, -0.15) is 0 Å². The summed E-state index contributed by atoms with van der Waals surface area (Å²) < 4.78 is 0.972. The van der Waals surface area contributed by atoms with Gasteiger partial charge in [0.2, 0.25) is 0 Å². The number of aliphatic hydroxyl groups is 1. The van der Waals surface area contributed by atoms with Gasteiger partial charge in [0.15, 0.2) is 0 Å². The molecule has 2 aliphatic rings. The van der Waals surface area contributed by atoms with Crippen LogP contribution < -0.4 is 0 Å². The number of aliphatic hydroxyl groups excluding tert-OH is 1. The fraction of sp³-hybridized carbons (Fsp3) is 0.818. The molecule has 3 heteroatoms. The Kier molecular flexibility index (Phi) is 2.65. The summed E-state index contributed by atoms with van der Waals surface area (Å²) in [5.74, 6) is 0.688. The molecular formula is C11H16Br2O. The first kappa shape index (κ1) is 11.2. The molecule has 2 aliphatic carbocycles. The van der Waals surface area contributed by atoms with Crippen LogP contribution in [-0.4, -0.2) is 11.2 Å². The van der Waals surface area contributed by atoms with E-state index < -0.39 is 0 Å². The zero-order chi connectivity index (χ0) is 10.6. The molecular weight excluding hydrogens is 308 g/mol. The Morgan fingerprint density at radius 3 is 2.43 bits per heavy atom. The lowest BCUT2D eigenvalue weighted by Crippen LogP contribution is -2.36. The maximum absolute atomic E-state index is 10.2. The number of rotatable bonds is 1. The Morgan fingerprint density at radius 1 is 1.43 bits per heavy atom. The van der Waals surface area contributed by atoms with Crippen LogP contribution in [0.4, 0.5) is 0 Å². The molecule has 1 N–H and O–H groups in total. The zero-order valence-electron chi connectivity index (χ0n) is 8.56. The molecule has 0 aromatic rings. The van der Waals surface area contributed by atoms with E-state index >= 15 is 0 Å². The van der Waals surface area contributed by atoms with Gasteiger partial charge in [-0.25, -0.2) is 0 Å². The Labute approximate surface area is 102 Å². The van der Waals surface area contributed by atoms with Crippen molar-refractivity contribution in [1.82, 2.24) is 0 Å². The smallest absolute Gasteiger partial charge is 0.0639 e. The van der Waals surface area contributed by atoms with E-state index in [2.05, 4.69) is 51.8 Å². The molecule has 2 bridgehead atoms. The highest BCUT2D eigenvalue weighted by atomic mass is 79.9. The van der Waals surface area contributed by atoms with Crippen LogP contribution in [0.1, 0.15) is 33.1 Å². The summed E-state index contributed by atoms with van der Waals surface area (Å²) in [5.41, 5.74) is 0.221. The van der Waals surface area contributed by atoms with Gasteiger partial charge in [0, 0.05) is 5.41 Å². The number of fused-ring (bicyclic) bond motifs is 2. The zero-order valence-corrected chi connectivity index (χ0v) is 11.7. The maximum Gasteiger partial charge on any atom is 0.0639 e. The molecule has 3 atom stereocenters. The molecule has 14 heavy (non-hydrogen) atoms.